The number of benzene rings is 2. The van der Waals surface area contributed by atoms with Gasteiger partial charge in [0.1, 0.15) is 0 Å². The molecular formula is C12H8Br4. The topological polar surface area (TPSA) is 0 Å². The van der Waals surface area contributed by atoms with Crippen LogP contribution in [0.15, 0.2) is 36.4 Å². The molecule has 0 saturated heterocycles. The summed E-state index contributed by atoms with van der Waals surface area (Å²) in [5.41, 5.74) is 2.47. The van der Waals surface area contributed by atoms with Gasteiger partial charge >= 0.3 is 0 Å². The predicted molar refractivity (Wildman–Crippen MR) is 85.1 cm³/mol. The molecule has 2 aromatic carbocycles. The van der Waals surface area contributed by atoms with E-state index in [1.54, 1.807) is 0 Å². The third kappa shape index (κ3) is 2.71. The molecule has 0 aliphatic carbocycles. The van der Waals surface area contributed by atoms with Gasteiger partial charge in [-0.1, -0.05) is 88.0 Å². The first-order chi connectivity index (χ1) is 7.59. The molecule has 0 N–H and O–H groups in total. The van der Waals surface area contributed by atoms with Crippen LogP contribution in [0.3, 0.4) is 0 Å². The minimum absolute atomic E-state index is 0.164. The van der Waals surface area contributed by atoms with Crippen molar-refractivity contribution >= 4 is 74.5 Å². The zero-order valence-electron chi connectivity index (χ0n) is 8.13. The van der Waals surface area contributed by atoms with Crippen LogP contribution < -0.4 is 0 Å². The van der Waals surface area contributed by atoms with Crippen molar-refractivity contribution in [2.45, 2.75) is 7.47 Å². The van der Waals surface area contributed by atoms with Crippen molar-refractivity contribution in [2.75, 3.05) is 0 Å². The molecule has 16 heavy (non-hydrogen) atoms. The van der Waals surface area contributed by atoms with Crippen molar-refractivity contribution in [1.29, 1.82) is 0 Å². The Bertz CT molecular complexity index is 459. The van der Waals surface area contributed by atoms with E-state index >= 15 is 0 Å². The quantitative estimate of drug-likeness (QED) is 0.444. The molecule has 0 heterocycles. The molecule has 0 amide bonds. The van der Waals surface area contributed by atoms with Gasteiger partial charge in [-0.3, -0.25) is 0 Å². The first-order valence-electron chi connectivity index (χ1n) is 4.68. The lowest BCUT2D eigenvalue weighted by Gasteiger charge is -2.13. The Labute approximate surface area is 128 Å². The molecule has 0 atom stereocenters. The van der Waals surface area contributed by atoms with Crippen LogP contribution in [0, 0.1) is 0 Å². The lowest BCUT2D eigenvalue weighted by atomic mass is 10.0. The summed E-state index contributed by atoms with van der Waals surface area (Å²) >= 11 is 14.2. The van der Waals surface area contributed by atoms with E-state index in [2.05, 4.69) is 100 Å². The number of alkyl halides is 4. The summed E-state index contributed by atoms with van der Waals surface area (Å²) < 4.78 is 0.328. The summed E-state index contributed by atoms with van der Waals surface area (Å²) in [4.78, 5) is 0. The van der Waals surface area contributed by atoms with Crippen LogP contribution in [0.25, 0.3) is 10.8 Å². The van der Waals surface area contributed by atoms with Crippen molar-refractivity contribution in [1.82, 2.24) is 0 Å². The van der Waals surface area contributed by atoms with Crippen LogP contribution in [0.4, 0.5) is 0 Å². The fourth-order valence-corrected chi connectivity index (χ4v) is 3.24. The highest BCUT2D eigenvalue weighted by Gasteiger charge is 2.14. The van der Waals surface area contributed by atoms with E-state index in [0.29, 0.717) is 0 Å². The second kappa shape index (κ2) is 5.51. The van der Waals surface area contributed by atoms with E-state index in [1.165, 1.54) is 21.9 Å². The van der Waals surface area contributed by atoms with E-state index in [4.69, 9.17) is 0 Å². The second-order valence-electron chi connectivity index (χ2n) is 3.43. The van der Waals surface area contributed by atoms with E-state index in [0.717, 1.165) is 0 Å². The Morgan fingerprint density at radius 3 is 1.38 bits per heavy atom. The van der Waals surface area contributed by atoms with Crippen LogP contribution in [-0.4, -0.2) is 0 Å². The van der Waals surface area contributed by atoms with Gasteiger partial charge in [0.25, 0.3) is 0 Å². The van der Waals surface area contributed by atoms with E-state index in [-0.39, 0.29) is 7.47 Å². The molecule has 0 spiro atoms. The first kappa shape index (κ1) is 13.1. The zero-order chi connectivity index (χ0) is 11.7. The molecule has 0 unspecified atom stereocenters. The van der Waals surface area contributed by atoms with Crippen LogP contribution in [0.5, 0.6) is 0 Å². The molecule has 0 nitrogen and oxygen atoms in total. The number of halogens is 4. The molecule has 0 radical (unpaired) electrons. The van der Waals surface area contributed by atoms with Gasteiger partial charge in [0.15, 0.2) is 0 Å². The van der Waals surface area contributed by atoms with Gasteiger partial charge < -0.3 is 0 Å². The van der Waals surface area contributed by atoms with Crippen molar-refractivity contribution in [3.63, 3.8) is 0 Å². The van der Waals surface area contributed by atoms with Gasteiger partial charge in [-0.05, 0) is 34.0 Å². The molecule has 0 bridgehead atoms. The Morgan fingerprint density at radius 2 is 1.06 bits per heavy atom. The lowest BCUT2D eigenvalue weighted by molar-refractivity contribution is 1.31. The van der Waals surface area contributed by atoms with Crippen LogP contribution in [0.2, 0.25) is 0 Å². The van der Waals surface area contributed by atoms with E-state index in [9.17, 15) is 0 Å². The summed E-state index contributed by atoms with van der Waals surface area (Å²) in [5, 5.41) is 2.51. The van der Waals surface area contributed by atoms with Crippen molar-refractivity contribution in [2.24, 2.45) is 0 Å². The number of hydrogen-bond acceptors (Lipinski definition) is 0. The third-order valence-corrected chi connectivity index (χ3v) is 4.39. The Morgan fingerprint density at radius 1 is 0.688 bits per heavy atom. The van der Waals surface area contributed by atoms with E-state index in [1.807, 2.05) is 0 Å². The van der Waals surface area contributed by atoms with Crippen molar-refractivity contribution in [3.8, 4) is 0 Å². The molecule has 0 saturated carbocycles. The highest BCUT2D eigenvalue weighted by atomic mass is 79.9. The summed E-state index contributed by atoms with van der Waals surface area (Å²) in [7, 11) is 0. The molecule has 0 aliphatic rings. The summed E-state index contributed by atoms with van der Waals surface area (Å²) in [5.74, 6) is 0. The average Bonchev–Trinajstić information content (AvgIpc) is 2.27. The van der Waals surface area contributed by atoms with Gasteiger partial charge in [0, 0.05) is 0 Å². The van der Waals surface area contributed by atoms with Crippen LogP contribution in [-0.2, 0) is 0 Å². The smallest absolute Gasteiger partial charge is 0.0712 e. The van der Waals surface area contributed by atoms with E-state index < -0.39 is 0 Å². The minimum atomic E-state index is 0.164. The maximum Gasteiger partial charge on any atom is 0.0950 e. The van der Waals surface area contributed by atoms with Gasteiger partial charge in [-0.25, -0.2) is 0 Å². The largest absolute Gasteiger partial charge is 0.0950 e. The predicted octanol–water partition coefficient (Wildman–Crippen LogP) is 6.42. The summed E-state index contributed by atoms with van der Waals surface area (Å²) in [6, 6.07) is 12.8. The highest BCUT2D eigenvalue weighted by molar-refractivity contribution is 9.24. The number of rotatable bonds is 2. The molecule has 4 heteroatoms. The van der Waals surface area contributed by atoms with Crippen LogP contribution in [0.1, 0.15) is 18.6 Å². The molecular weight excluding hydrogens is 464 g/mol. The maximum atomic E-state index is 3.56. The number of fused-ring (bicyclic) bond motifs is 1. The molecule has 0 aliphatic heterocycles. The average molecular weight is 472 g/mol. The van der Waals surface area contributed by atoms with Gasteiger partial charge in [-0.2, -0.15) is 0 Å². The Kier molecular flexibility index (Phi) is 4.50. The monoisotopic (exact) mass is 468 g/mol. The highest BCUT2D eigenvalue weighted by Crippen LogP contribution is 2.41. The molecule has 2 rings (SSSR count). The van der Waals surface area contributed by atoms with Crippen molar-refractivity contribution < 1.29 is 0 Å². The van der Waals surface area contributed by atoms with Gasteiger partial charge in [0.2, 0.25) is 0 Å². The molecule has 0 aromatic heterocycles. The number of hydrogen-bond donors (Lipinski definition) is 0. The van der Waals surface area contributed by atoms with Gasteiger partial charge in [-0.15, -0.1) is 0 Å². The Balaban J connectivity index is 2.71. The molecule has 84 valence electrons. The minimum Gasteiger partial charge on any atom is -0.0712 e. The fraction of sp³-hybridized carbons (Fsp3) is 0.167. The van der Waals surface area contributed by atoms with Crippen LogP contribution >= 0.6 is 63.7 Å². The normalized spacial score (nSPS) is 11.6. The SMILES string of the molecule is BrC(Br)c1cc2ccccc2cc1C(Br)Br. The molecule has 2 aromatic rings. The standard InChI is InChI=1S/C12H8Br4/c13-11(14)9-5-7-3-1-2-4-8(7)6-10(9)12(15)16/h1-6,11-12H. The molecule has 0 fully saturated rings. The Hall–Kier alpha value is 0.620. The zero-order valence-corrected chi connectivity index (χ0v) is 14.5. The van der Waals surface area contributed by atoms with Crippen molar-refractivity contribution in [3.05, 3.63) is 47.5 Å². The second-order valence-corrected chi connectivity index (χ2v) is 9.55. The first-order valence-corrected chi connectivity index (χ1v) is 8.34. The summed E-state index contributed by atoms with van der Waals surface area (Å²) in [6.07, 6.45) is 0. The summed E-state index contributed by atoms with van der Waals surface area (Å²) in [6.45, 7) is 0. The third-order valence-electron chi connectivity index (χ3n) is 2.42. The van der Waals surface area contributed by atoms with Gasteiger partial charge in [0.05, 0.1) is 7.47 Å². The lowest BCUT2D eigenvalue weighted by Crippen LogP contribution is -1.92. The fourth-order valence-electron chi connectivity index (χ4n) is 1.65. The maximum absolute atomic E-state index is 3.56.